The molecule has 0 radical (unpaired) electrons. The first-order valence-electron chi connectivity index (χ1n) is 3.64. The number of hydrogen-bond donors (Lipinski definition) is 0. The maximum absolute atomic E-state index is 4.35. The van der Waals surface area contributed by atoms with Gasteiger partial charge in [0.2, 0.25) is 0 Å². The molecule has 1 aromatic heterocycles. The average Bonchev–Trinajstić information content (AvgIpc) is 1.97. The third-order valence-corrected chi connectivity index (χ3v) is 3.02. The Bertz CT molecular complexity index is 275. The Hall–Kier alpha value is -0.110. The van der Waals surface area contributed by atoms with Crippen molar-refractivity contribution in [3.63, 3.8) is 0 Å². The van der Waals surface area contributed by atoms with E-state index in [1.807, 2.05) is 7.85 Å². The Labute approximate surface area is 79.1 Å². The van der Waals surface area contributed by atoms with Gasteiger partial charge in [-0.2, -0.15) is 0 Å². The van der Waals surface area contributed by atoms with Crippen LogP contribution in [0, 0.1) is 0 Å². The lowest BCUT2D eigenvalue weighted by Gasteiger charge is -2.09. The van der Waals surface area contributed by atoms with E-state index in [0.29, 0.717) is 0 Å². The predicted molar refractivity (Wildman–Crippen MR) is 64.6 cm³/mol. The lowest BCUT2D eigenvalue weighted by molar-refractivity contribution is 1.38. The molecule has 0 aliphatic rings. The van der Waals surface area contributed by atoms with E-state index in [4.69, 9.17) is 0 Å². The molecule has 0 bridgehead atoms. The Balaban J connectivity index is 3.46. The van der Waals surface area contributed by atoms with Crippen molar-refractivity contribution in [1.82, 2.24) is 4.98 Å². The fraction of sp³-hybridized carbons (Fsp3) is 0. The van der Waals surface area contributed by atoms with Crippen molar-refractivity contribution in [2.24, 2.45) is 0 Å². The second-order valence-corrected chi connectivity index (χ2v) is 3.61. The third-order valence-electron chi connectivity index (χ3n) is 2.24. The Morgan fingerprint density at radius 3 is 2.00 bits per heavy atom. The first kappa shape index (κ1) is 8.98. The minimum atomic E-state index is 0.970. The molecule has 0 amide bonds. The van der Waals surface area contributed by atoms with Crippen LogP contribution in [0.15, 0.2) is 4.60 Å². The van der Waals surface area contributed by atoms with Crippen molar-refractivity contribution < 1.29 is 0 Å². The van der Waals surface area contributed by atoms with Crippen LogP contribution in [0.4, 0.5) is 0 Å². The monoisotopic (exact) mass is 205 g/mol. The molecule has 1 rings (SSSR count). The lowest BCUT2D eigenvalue weighted by Crippen LogP contribution is -2.49. The van der Waals surface area contributed by atoms with Crippen LogP contribution in [0.1, 0.15) is 0 Å². The highest BCUT2D eigenvalue weighted by Crippen LogP contribution is 1.93. The molecule has 0 fully saturated rings. The van der Waals surface area contributed by atoms with Crippen molar-refractivity contribution >= 4 is 69.3 Å². The van der Waals surface area contributed by atoms with E-state index < -0.39 is 0 Å². The number of rotatable bonds is 0. The minimum Gasteiger partial charge on any atom is -0.258 e. The summed E-state index contributed by atoms with van der Waals surface area (Å²) in [6, 6.07) is 0. The number of hydrogen-bond acceptors (Lipinski definition) is 1. The number of halogens is 1. The van der Waals surface area contributed by atoms with Crippen molar-refractivity contribution in [1.29, 1.82) is 0 Å². The van der Waals surface area contributed by atoms with Gasteiger partial charge in [-0.05, 0) is 21.5 Å². The number of pyridine rings is 1. The molecule has 0 aliphatic heterocycles. The van der Waals surface area contributed by atoms with Gasteiger partial charge in [-0.3, -0.25) is 4.98 Å². The summed E-state index contributed by atoms with van der Waals surface area (Å²) in [6.07, 6.45) is 0. The summed E-state index contributed by atoms with van der Waals surface area (Å²) in [4.78, 5) is 4.35. The number of nitrogens with zero attached hydrogens (tertiary/aromatic N) is 1. The van der Waals surface area contributed by atoms with Crippen molar-refractivity contribution in [2.75, 3.05) is 0 Å². The van der Waals surface area contributed by atoms with Crippen LogP contribution in [0.25, 0.3) is 0 Å². The molecule has 0 aliphatic carbocycles. The molecule has 1 heterocycles. The van der Waals surface area contributed by atoms with Gasteiger partial charge in [-0.1, -0.05) is 16.4 Å². The summed E-state index contributed by atoms with van der Waals surface area (Å²) in [5.41, 5.74) is 4.99. The quantitative estimate of drug-likeness (QED) is 0.305. The average molecular weight is 205 g/mol. The molecule has 52 valence electrons. The Morgan fingerprint density at radius 1 is 0.909 bits per heavy atom. The molecule has 1 aromatic rings. The SMILES string of the molecule is Bc1nc(Br)c(B)c(B)c1B. The molecule has 0 saturated carbocycles. The highest BCUT2D eigenvalue weighted by molar-refractivity contribution is 9.10. The summed E-state index contributed by atoms with van der Waals surface area (Å²) in [7, 11) is 8.35. The predicted octanol–water partition coefficient (Wildman–Crippen LogP) is -5.12. The molecule has 6 heteroatoms. The Morgan fingerprint density at radius 2 is 1.45 bits per heavy atom. The maximum Gasteiger partial charge on any atom is 0.163 e. The second kappa shape index (κ2) is 3.10. The fourth-order valence-electron chi connectivity index (χ4n) is 1.02. The van der Waals surface area contributed by atoms with Crippen LogP contribution in [0.3, 0.4) is 0 Å². The second-order valence-electron chi connectivity index (χ2n) is 2.86. The highest BCUT2D eigenvalue weighted by Gasteiger charge is 2.04. The van der Waals surface area contributed by atoms with E-state index in [1.165, 1.54) is 16.4 Å². The van der Waals surface area contributed by atoms with Gasteiger partial charge < -0.3 is 0 Å². The first-order chi connectivity index (χ1) is 5.04. The molecule has 0 spiro atoms. The minimum absolute atomic E-state index is 0.970. The van der Waals surface area contributed by atoms with Gasteiger partial charge in [0, 0.05) is 0 Å². The summed E-state index contributed by atoms with van der Waals surface area (Å²) < 4.78 is 0.970. The van der Waals surface area contributed by atoms with E-state index in [9.17, 15) is 0 Å². The molecule has 0 atom stereocenters. The summed E-state index contributed by atoms with van der Waals surface area (Å²) in [5.74, 6) is 0. The van der Waals surface area contributed by atoms with Crippen LogP contribution < -0.4 is 22.0 Å². The van der Waals surface area contributed by atoms with Gasteiger partial charge in [-0.25, -0.2) is 0 Å². The van der Waals surface area contributed by atoms with Crippen LogP contribution in [0.5, 0.6) is 0 Å². The standard InChI is InChI=1S/C5H8B4BrN/c6-1-2(7)4(9)11-5(10)3(1)8/h6-9H2. The normalized spacial score (nSPS) is 9.91. The smallest absolute Gasteiger partial charge is 0.163 e. The maximum atomic E-state index is 4.35. The van der Waals surface area contributed by atoms with Gasteiger partial charge in [0.25, 0.3) is 0 Å². The van der Waals surface area contributed by atoms with E-state index in [0.717, 1.165) is 10.2 Å². The van der Waals surface area contributed by atoms with Crippen molar-refractivity contribution in [2.45, 2.75) is 0 Å². The zero-order chi connectivity index (χ0) is 8.59. The largest absolute Gasteiger partial charge is 0.258 e. The zero-order valence-corrected chi connectivity index (χ0v) is 8.91. The lowest BCUT2D eigenvalue weighted by atomic mass is 9.70. The van der Waals surface area contributed by atoms with Crippen LogP contribution >= 0.6 is 15.9 Å². The molecular weight excluding hydrogens is 197 g/mol. The number of aromatic nitrogens is 1. The van der Waals surface area contributed by atoms with E-state index in [2.05, 4.69) is 44.5 Å². The van der Waals surface area contributed by atoms with Crippen LogP contribution in [-0.2, 0) is 0 Å². The topological polar surface area (TPSA) is 12.9 Å². The fourth-order valence-corrected chi connectivity index (χ4v) is 1.59. The third kappa shape index (κ3) is 1.56. The summed E-state index contributed by atoms with van der Waals surface area (Å²) in [5, 5.41) is 0. The van der Waals surface area contributed by atoms with E-state index >= 15 is 0 Å². The molecule has 0 unspecified atom stereocenters. The van der Waals surface area contributed by atoms with Crippen LogP contribution in [0.2, 0.25) is 0 Å². The summed E-state index contributed by atoms with van der Waals surface area (Å²) >= 11 is 3.42. The summed E-state index contributed by atoms with van der Waals surface area (Å²) in [6.45, 7) is 0. The van der Waals surface area contributed by atoms with Crippen molar-refractivity contribution in [3.8, 4) is 0 Å². The van der Waals surface area contributed by atoms with Gasteiger partial charge in [0.05, 0.1) is 4.60 Å². The molecule has 0 N–H and O–H groups in total. The van der Waals surface area contributed by atoms with Gasteiger partial charge in [-0.15, -0.1) is 0 Å². The van der Waals surface area contributed by atoms with Crippen molar-refractivity contribution in [3.05, 3.63) is 4.60 Å². The van der Waals surface area contributed by atoms with E-state index in [-0.39, 0.29) is 0 Å². The van der Waals surface area contributed by atoms with Gasteiger partial charge >= 0.3 is 0 Å². The Kier molecular flexibility index (Phi) is 2.53. The zero-order valence-electron chi connectivity index (χ0n) is 7.33. The molecule has 1 nitrogen and oxygen atoms in total. The van der Waals surface area contributed by atoms with E-state index in [1.54, 1.807) is 0 Å². The highest BCUT2D eigenvalue weighted by atomic mass is 79.9. The first-order valence-corrected chi connectivity index (χ1v) is 4.43. The molecular formula is C5H8B4BrN. The van der Waals surface area contributed by atoms with Gasteiger partial charge in [0.15, 0.2) is 7.85 Å². The van der Waals surface area contributed by atoms with Crippen LogP contribution in [-0.4, -0.2) is 36.4 Å². The molecule has 0 saturated heterocycles. The molecule has 11 heavy (non-hydrogen) atoms. The molecule has 0 aromatic carbocycles. The van der Waals surface area contributed by atoms with Gasteiger partial charge in [0.1, 0.15) is 23.5 Å².